The Morgan fingerprint density at radius 3 is 2.57 bits per heavy atom. The second-order valence-electron chi connectivity index (χ2n) is 9.11. The Morgan fingerprint density at radius 1 is 1.13 bits per heavy atom. The molecule has 0 bridgehead atoms. The molecular formula is C23H32N4O3. The second-order valence-corrected chi connectivity index (χ2v) is 9.11. The molecule has 0 radical (unpaired) electrons. The molecule has 0 unspecified atom stereocenters. The second kappa shape index (κ2) is 8.40. The quantitative estimate of drug-likeness (QED) is 0.836. The number of β-amino-alcohol motifs (C(OH)–C–C–N with tert-alkyl or cyclic N) is 1. The smallest absolute Gasteiger partial charge is 0.410 e. The number of aliphatic hydroxyl groups excluding tert-OH is 1. The van der Waals surface area contributed by atoms with E-state index in [4.69, 9.17) is 9.72 Å². The van der Waals surface area contributed by atoms with Crippen molar-refractivity contribution in [1.82, 2.24) is 14.8 Å². The van der Waals surface area contributed by atoms with Crippen LogP contribution in [0.1, 0.15) is 32.0 Å². The molecule has 0 spiro atoms. The molecule has 0 saturated carbocycles. The summed E-state index contributed by atoms with van der Waals surface area (Å²) in [5, 5.41) is 10.4. The molecule has 7 heteroatoms. The number of pyridine rings is 1. The van der Waals surface area contributed by atoms with E-state index in [2.05, 4.69) is 28.0 Å². The van der Waals surface area contributed by atoms with Crippen molar-refractivity contribution in [2.45, 2.75) is 39.3 Å². The van der Waals surface area contributed by atoms with Crippen molar-refractivity contribution in [3.05, 3.63) is 35.5 Å². The number of fused-ring (bicyclic) bond motifs is 2. The van der Waals surface area contributed by atoms with Crippen LogP contribution in [-0.2, 0) is 17.7 Å². The predicted molar refractivity (Wildman–Crippen MR) is 118 cm³/mol. The summed E-state index contributed by atoms with van der Waals surface area (Å²) in [6, 6.07) is 8.28. The van der Waals surface area contributed by atoms with Gasteiger partial charge in [0, 0.05) is 62.3 Å². The standard InChI is InChI=1S/C23H32N4O3/c1-23(2,3)30-22(29)27-9-8-20-18(16-27)21(17-6-4-5-7-19(17)24-20)26-12-10-25(11-13-26)14-15-28/h4-7,28H,8-16H2,1-3H3. The summed E-state index contributed by atoms with van der Waals surface area (Å²) < 4.78 is 5.63. The highest BCUT2D eigenvalue weighted by molar-refractivity contribution is 5.94. The Bertz CT molecular complexity index is 917. The van der Waals surface area contributed by atoms with E-state index in [1.165, 1.54) is 5.69 Å². The van der Waals surface area contributed by atoms with Gasteiger partial charge in [0.25, 0.3) is 0 Å². The molecule has 3 heterocycles. The molecule has 162 valence electrons. The lowest BCUT2D eigenvalue weighted by atomic mass is 9.98. The SMILES string of the molecule is CC(C)(C)OC(=O)N1CCc2nc3ccccc3c(N3CCN(CCO)CC3)c2C1. The molecule has 7 nitrogen and oxygen atoms in total. The highest BCUT2D eigenvalue weighted by Crippen LogP contribution is 2.36. The number of para-hydroxylation sites is 1. The summed E-state index contributed by atoms with van der Waals surface area (Å²) in [5.74, 6) is 0. The van der Waals surface area contributed by atoms with E-state index in [0.29, 0.717) is 13.1 Å². The normalized spacial score (nSPS) is 17.9. The third kappa shape index (κ3) is 4.37. The lowest BCUT2D eigenvalue weighted by molar-refractivity contribution is 0.0223. The average Bonchev–Trinajstić information content (AvgIpc) is 2.71. The van der Waals surface area contributed by atoms with Gasteiger partial charge in [-0.2, -0.15) is 0 Å². The number of hydrogen-bond acceptors (Lipinski definition) is 6. The number of carbonyl (C=O) groups is 1. The van der Waals surface area contributed by atoms with E-state index in [9.17, 15) is 9.90 Å². The van der Waals surface area contributed by atoms with Crippen LogP contribution in [0.2, 0.25) is 0 Å². The van der Waals surface area contributed by atoms with Crippen molar-refractivity contribution in [3.63, 3.8) is 0 Å². The van der Waals surface area contributed by atoms with Gasteiger partial charge in [-0.05, 0) is 26.8 Å². The topological polar surface area (TPSA) is 69.1 Å². The van der Waals surface area contributed by atoms with Crippen LogP contribution in [0.25, 0.3) is 10.9 Å². The van der Waals surface area contributed by atoms with Crippen molar-refractivity contribution >= 4 is 22.7 Å². The number of ether oxygens (including phenoxy) is 1. The molecule has 1 N–H and O–H groups in total. The number of amides is 1. The summed E-state index contributed by atoms with van der Waals surface area (Å²) in [7, 11) is 0. The molecule has 1 amide bonds. The summed E-state index contributed by atoms with van der Waals surface area (Å²) in [4.78, 5) is 24.2. The van der Waals surface area contributed by atoms with Gasteiger partial charge in [0.05, 0.1) is 24.4 Å². The molecule has 2 aromatic rings. The van der Waals surface area contributed by atoms with Crippen molar-refractivity contribution in [1.29, 1.82) is 0 Å². The fraction of sp³-hybridized carbons (Fsp3) is 0.565. The molecule has 0 atom stereocenters. The van der Waals surface area contributed by atoms with Crippen LogP contribution in [0.5, 0.6) is 0 Å². The van der Waals surface area contributed by atoms with E-state index in [0.717, 1.165) is 61.3 Å². The van der Waals surface area contributed by atoms with Crippen LogP contribution < -0.4 is 4.90 Å². The number of aromatic nitrogens is 1. The van der Waals surface area contributed by atoms with Crippen LogP contribution in [-0.4, -0.2) is 77.5 Å². The van der Waals surface area contributed by atoms with Crippen LogP contribution in [0.4, 0.5) is 10.5 Å². The first-order chi connectivity index (χ1) is 14.4. The lowest BCUT2D eigenvalue weighted by Gasteiger charge is -2.39. The van der Waals surface area contributed by atoms with E-state index < -0.39 is 5.60 Å². The van der Waals surface area contributed by atoms with Gasteiger partial charge in [-0.25, -0.2) is 4.79 Å². The van der Waals surface area contributed by atoms with Gasteiger partial charge >= 0.3 is 6.09 Å². The zero-order chi connectivity index (χ0) is 21.3. The first-order valence-electron chi connectivity index (χ1n) is 10.8. The highest BCUT2D eigenvalue weighted by Gasteiger charge is 2.31. The fourth-order valence-corrected chi connectivity index (χ4v) is 4.35. The Morgan fingerprint density at radius 2 is 1.87 bits per heavy atom. The van der Waals surface area contributed by atoms with E-state index in [-0.39, 0.29) is 12.7 Å². The maximum Gasteiger partial charge on any atom is 0.410 e. The third-order valence-corrected chi connectivity index (χ3v) is 5.77. The largest absolute Gasteiger partial charge is 0.444 e. The van der Waals surface area contributed by atoms with Crippen LogP contribution in [0, 0.1) is 0 Å². The van der Waals surface area contributed by atoms with Crippen LogP contribution >= 0.6 is 0 Å². The molecular weight excluding hydrogens is 380 g/mol. The molecule has 2 aliphatic heterocycles. The minimum atomic E-state index is -0.509. The Balaban J connectivity index is 1.68. The van der Waals surface area contributed by atoms with Crippen LogP contribution in [0.15, 0.2) is 24.3 Å². The molecule has 1 saturated heterocycles. The number of nitrogens with zero attached hydrogens (tertiary/aromatic N) is 4. The zero-order valence-corrected chi connectivity index (χ0v) is 18.2. The summed E-state index contributed by atoms with van der Waals surface area (Å²) in [5.41, 5.74) is 3.93. The zero-order valence-electron chi connectivity index (χ0n) is 18.2. The minimum absolute atomic E-state index is 0.193. The Kier molecular flexibility index (Phi) is 5.84. The number of rotatable bonds is 3. The molecule has 2 aliphatic rings. The van der Waals surface area contributed by atoms with Gasteiger partial charge in [-0.15, -0.1) is 0 Å². The van der Waals surface area contributed by atoms with Crippen molar-refractivity contribution in [3.8, 4) is 0 Å². The first kappa shape index (κ1) is 20.9. The molecule has 1 aromatic carbocycles. The Hall–Kier alpha value is -2.38. The van der Waals surface area contributed by atoms with Gasteiger partial charge in [0.15, 0.2) is 0 Å². The lowest BCUT2D eigenvalue weighted by Crippen LogP contribution is -2.48. The van der Waals surface area contributed by atoms with Crippen LogP contribution in [0.3, 0.4) is 0 Å². The summed E-state index contributed by atoms with van der Waals surface area (Å²) >= 11 is 0. The molecule has 4 rings (SSSR count). The first-order valence-corrected chi connectivity index (χ1v) is 10.8. The maximum absolute atomic E-state index is 12.7. The Labute approximate surface area is 178 Å². The van der Waals surface area contributed by atoms with Gasteiger partial charge in [-0.3, -0.25) is 9.88 Å². The number of aliphatic hydroxyl groups is 1. The third-order valence-electron chi connectivity index (χ3n) is 5.77. The average molecular weight is 413 g/mol. The van der Waals surface area contributed by atoms with E-state index in [1.807, 2.05) is 26.8 Å². The van der Waals surface area contributed by atoms with Crippen molar-refractivity contribution in [2.75, 3.05) is 50.8 Å². The summed E-state index contributed by atoms with van der Waals surface area (Å²) in [6.45, 7) is 11.4. The molecule has 1 fully saturated rings. The van der Waals surface area contributed by atoms with Gasteiger partial charge in [0.1, 0.15) is 5.60 Å². The number of hydrogen-bond donors (Lipinski definition) is 1. The number of anilines is 1. The highest BCUT2D eigenvalue weighted by atomic mass is 16.6. The molecule has 0 aliphatic carbocycles. The molecule has 30 heavy (non-hydrogen) atoms. The van der Waals surface area contributed by atoms with Gasteiger partial charge in [-0.1, -0.05) is 18.2 Å². The van der Waals surface area contributed by atoms with E-state index >= 15 is 0 Å². The van der Waals surface area contributed by atoms with Gasteiger partial charge < -0.3 is 19.6 Å². The minimum Gasteiger partial charge on any atom is -0.444 e. The monoisotopic (exact) mass is 412 g/mol. The van der Waals surface area contributed by atoms with Crippen molar-refractivity contribution in [2.24, 2.45) is 0 Å². The summed E-state index contributed by atoms with van der Waals surface area (Å²) in [6.07, 6.45) is 0.469. The number of benzene rings is 1. The molecule has 1 aromatic heterocycles. The fourth-order valence-electron chi connectivity index (χ4n) is 4.35. The van der Waals surface area contributed by atoms with Gasteiger partial charge in [0.2, 0.25) is 0 Å². The maximum atomic E-state index is 12.7. The number of piperazine rings is 1. The van der Waals surface area contributed by atoms with E-state index in [1.54, 1.807) is 4.90 Å². The van der Waals surface area contributed by atoms with Crippen molar-refractivity contribution < 1.29 is 14.6 Å². The number of carbonyl (C=O) groups excluding carboxylic acids is 1. The predicted octanol–water partition coefficient (Wildman–Crippen LogP) is 2.64.